The van der Waals surface area contributed by atoms with Gasteiger partial charge in [-0.2, -0.15) is 0 Å². The first kappa shape index (κ1) is 17.0. The quantitative estimate of drug-likeness (QED) is 0.848. The number of likely N-dealkylation sites (tertiary alicyclic amines) is 1. The number of carbonyl (C=O) groups excluding carboxylic acids is 1. The fourth-order valence-electron chi connectivity index (χ4n) is 3.65. The molecule has 2 aliphatic heterocycles. The lowest BCUT2D eigenvalue weighted by atomic mass is 10.0. The maximum absolute atomic E-state index is 12.8. The van der Waals surface area contributed by atoms with Crippen LogP contribution in [0.5, 0.6) is 5.75 Å². The Morgan fingerprint density at radius 2 is 2.12 bits per heavy atom. The van der Waals surface area contributed by atoms with Gasteiger partial charge in [0.1, 0.15) is 11.9 Å². The second-order valence-electron chi connectivity index (χ2n) is 7.08. The van der Waals surface area contributed by atoms with Gasteiger partial charge in [-0.3, -0.25) is 9.78 Å². The van der Waals surface area contributed by atoms with Crippen molar-refractivity contribution in [1.82, 2.24) is 9.88 Å². The molecule has 2 aliphatic rings. The lowest BCUT2D eigenvalue weighted by molar-refractivity contribution is -0.00161. The van der Waals surface area contributed by atoms with E-state index in [2.05, 4.69) is 11.9 Å². The molecular formula is C21H24N2O3. The van der Waals surface area contributed by atoms with Gasteiger partial charge in [-0.25, -0.2) is 0 Å². The molecule has 1 fully saturated rings. The zero-order valence-electron chi connectivity index (χ0n) is 15.1. The monoisotopic (exact) mass is 352 g/mol. The Bertz CT molecular complexity index is 770. The third-order valence-corrected chi connectivity index (χ3v) is 5.07. The summed E-state index contributed by atoms with van der Waals surface area (Å²) >= 11 is 0. The van der Waals surface area contributed by atoms with Crippen molar-refractivity contribution in [2.24, 2.45) is 0 Å². The SMILES string of the molecule is C[C@H]1Cc2cc(C(=O)N3CCC(OCc4ccccn4)CC3)ccc2O1. The van der Waals surface area contributed by atoms with E-state index in [1.54, 1.807) is 6.20 Å². The van der Waals surface area contributed by atoms with Gasteiger partial charge >= 0.3 is 0 Å². The van der Waals surface area contributed by atoms with E-state index < -0.39 is 0 Å². The molecule has 0 radical (unpaired) electrons. The van der Waals surface area contributed by atoms with Crippen LogP contribution in [0.25, 0.3) is 0 Å². The Balaban J connectivity index is 1.30. The minimum absolute atomic E-state index is 0.107. The van der Waals surface area contributed by atoms with Crippen molar-refractivity contribution in [3.63, 3.8) is 0 Å². The van der Waals surface area contributed by atoms with Crippen molar-refractivity contribution < 1.29 is 14.3 Å². The Morgan fingerprint density at radius 1 is 1.27 bits per heavy atom. The van der Waals surface area contributed by atoms with E-state index in [1.165, 1.54) is 0 Å². The molecule has 26 heavy (non-hydrogen) atoms. The van der Waals surface area contributed by atoms with Gasteiger partial charge in [0.05, 0.1) is 18.4 Å². The Kier molecular flexibility index (Phi) is 4.89. The normalized spacial score (nSPS) is 19.9. The standard InChI is InChI=1S/C21H24N2O3/c1-15-12-17-13-16(5-6-20(17)26-15)21(24)23-10-7-19(8-11-23)25-14-18-4-2-3-9-22-18/h2-6,9,13,15,19H,7-8,10-12,14H2,1H3/t15-/m0/s1. The maximum Gasteiger partial charge on any atom is 0.253 e. The van der Waals surface area contributed by atoms with Crippen LogP contribution in [-0.2, 0) is 17.8 Å². The number of carbonyl (C=O) groups is 1. The fraction of sp³-hybridized carbons (Fsp3) is 0.429. The summed E-state index contributed by atoms with van der Waals surface area (Å²) in [4.78, 5) is 19.0. The third-order valence-electron chi connectivity index (χ3n) is 5.07. The Labute approximate surface area is 153 Å². The van der Waals surface area contributed by atoms with E-state index in [-0.39, 0.29) is 18.1 Å². The molecule has 1 aromatic heterocycles. The summed E-state index contributed by atoms with van der Waals surface area (Å²) in [5.74, 6) is 1.02. The second kappa shape index (κ2) is 7.46. The van der Waals surface area contributed by atoms with E-state index >= 15 is 0 Å². The predicted molar refractivity (Wildman–Crippen MR) is 98.2 cm³/mol. The number of benzene rings is 1. The molecule has 1 atom stereocenters. The average Bonchev–Trinajstić information content (AvgIpc) is 3.06. The molecule has 0 N–H and O–H groups in total. The van der Waals surface area contributed by atoms with Gasteiger partial charge in [0, 0.05) is 31.3 Å². The molecule has 5 nitrogen and oxygen atoms in total. The highest BCUT2D eigenvalue weighted by atomic mass is 16.5. The smallest absolute Gasteiger partial charge is 0.253 e. The van der Waals surface area contributed by atoms with Gasteiger partial charge in [-0.1, -0.05) is 6.07 Å². The summed E-state index contributed by atoms with van der Waals surface area (Å²) < 4.78 is 11.7. The summed E-state index contributed by atoms with van der Waals surface area (Å²) in [7, 11) is 0. The van der Waals surface area contributed by atoms with Crippen LogP contribution < -0.4 is 4.74 Å². The number of rotatable bonds is 4. The minimum Gasteiger partial charge on any atom is -0.490 e. The lowest BCUT2D eigenvalue weighted by Crippen LogP contribution is -2.40. The summed E-state index contributed by atoms with van der Waals surface area (Å²) in [6, 6.07) is 11.6. The average molecular weight is 352 g/mol. The maximum atomic E-state index is 12.8. The molecule has 3 heterocycles. The summed E-state index contributed by atoms with van der Waals surface area (Å²) in [5.41, 5.74) is 2.84. The van der Waals surface area contributed by atoms with E-state index in [9.17, 15) is 4.79 Å². The number of piperidine rings is 1. The lowest BCUT2D eigenvalue weighted by Gasteiger charge is -2.32. The van der Waals surface area contributed by atoms with Crippen molar-refractivity contribution >= 4 is 5.91 Å². The van der Waals surface area contributed by atoms with Crippen LogP contribution in [0.4, 0.5) is 0 Å². The summed E-state index contributed by atoms with van der Waals surface area (Å²) in [6.07, 6.45) is 4.77. The van der Waals surface area contributed by atoms with Crippen molar-refractivity contribution in [2.45, 2.75) is 45.0 Å². The predicted octanol–water partition coefficient (Wildman–Crippen LogP) is 3.23. The van der Waals surface area contributed by atoms with Crippen molar-refractivity contribution in [1.29, 1.82) is 0 Å². The van der Waals surface area contributed by atoms with Gasteiger partial charge < -0.3 is 14.4 Å². The molecule has 4 rings (SSSR count). The largest absolute Gasteiger partial charge is 0.490 e. The molecule has 0 saturated carbocycles. The molecule has 1 aromatic carbocycles. The van der Waals surface area contributed by atoms with Gasteiger partial charge in [-0.05, 0) is 55.7 Å². The first-order valence-electron chi connectivity index (χ1n) is 9.29. The van der Waals surface area contributed by atoms with Crippen LogP contribution in [0.2, 0.25) is 0 Å². The number of fused-ring (bicyclic) bond motifs is 1. The Morgan fingerprint density at radius 3 is 2.88 bits per heavy atom. The van der Waals surface area contributed by atoms with Crippen molar-refractivity contribution in [3.05, 3.63) is 59.4 Å². The number of ether oxygens (including phenoxy) is 2. The Hall–Kier alpha value is -2.40. The van der Waals surface area contributed by atoms with E-state index in [1.807, 2.05) is 41.3 Å². The van der Waals surface area contributed by atoms with Crippen LogP contribution in [0, 0.1) is 0 Å². The second-order valence-corrected chi connectivity index (χ2v) is 7.08. The number of pyridine rings is 1. The molecule has 0 spiro atoms. The van der Waals surface area contributed by atoms with Crippen LogP contribution in [0.15, 0.2) is 42.6 Å². The highest BCUT2D eigenvalue weighted by Gasteiger charge is 2.26. The summed E-state index contributed by atoms with van der Waals surface area (Å²) in [5, 5.41) is 0. The number of hydrogen-bond acceptors (Lipinski definition) is 4. The van der Waals surface area contributed by atoms with Crippen LogP contribution in [0.1, 0.15) is 41.4 Å². The highest BCUT2D eigenvalue weighted by Crippen LogP contribution is 2.30. The zero-order valence-corrected chi connectivity index (χ0v) is 15.1. The first-order chi connectivity index (χ1) is 12.7. The molecule has 1 saturated heterocycles. The molecule has 1 amide bonds. The number of amides is 1. The highest BCUT2D eigenvalue weighted by molar-refractivity contribution is 5.94. The van der Waals surface area contributed by atoms with Crippen LogP contribution in [-0.4, -0.2) is 41.1 Å². The van der Waals surface area contributed by atoms with Gasteiger partial charge in [0.25, 0.3) is 5.91 Å². The number of aromatic nitrogens is 1. The number of hydrogen-bond donors (Lipinski definition) is 0. The zero-order chi connectivity index (χ0) is 17.9. The van der Waals surface area contributed by atoms with E-state index in [0.29, 0.717) is 6.61 Å². The molecule has 5 heteroatoms. The molecule has 0 bridgehead atoms. The molecule has 136 valence electrons. The summed E-state index contributed by atoms with van der Waals surface area (Å²) in [6.45, 7) is 4.05. The van der Waals surface area contributed by atoms with Gasteiger partial charge in [0.2, 0.25) is 0 Å². The molecular weight excluding hydrogens is 328 g/mol. The first-order valence-corrected chi connectivity index (χ1v) is 9.29. The van der Waals surface area contributed by atoms with Crippen molar-refractivity contribution in [3.8, 4) is 5.75 Å². The molecule has 0 unspecified atom stereocenters. The van der Waals surface area contributed by atoms with Crippen LogP contribution in [0.3, 0.4) is 0 Å². The van der Waals surface area contributed by atoms with E-state index in [0.717, 1.165) is 54.9 Å². The van der Waals surface area contributed by atoms with E-state index in [4.69, 9.17) is 9.47 Å². The number of nitrogens with zero attached hydrogens (tertiary/aromatic N) is 2. The third kappa shape index (κ3) is 3.73. The van der Waals surface area contributed by atoms with Crippen molar-refractivity contribution in [2.75, 3.05) is 13.1 Å². The minimum atomic E-state index is 0.107. The van der Waals surface area contributed by atoms with Crippen LogP contribution >= 0.6 is 0 Å². The topological polar surface area (TPSA) is 51.7 Å². The fourth-order valence-corrected chi connectivity index (χ4v) is 3.65. The van der Waals surface area contributed by atoms with Gasteiger partial charge in [0.15, 0.2) is 0 Å². The molecule has 2 aromatic rings. The molecule has 0 aliphatic carbocycles. The van der Waals surface area contributed by atoms with Gasteiger partial charge in [-0.15, -0.1) is 0 Å².